The average Bonchev–Trinajstić information content (AvgIpc) is 2.64. The van der Waals surface area contributed by atoms with Crippen LogP contribution in [0.15, 0.2) is 75.1 Å². The molecule has 142 valence electrons. The lowest BCUT2D eigenvalue weighted by atomic mass is 10.0. The van der Waals surface area contributed by atoms with Gasteiger partial charge in [0.05, 0.1) is 18.0 Å². The monoisotopic (exact) mass is 367 g/mol. The minimum atomic E-state index is 0.151. The van der Waals surface area contributed by atoms with Crippen molar-refractivity contribution < 1.29 is 4.74 Å². The zero-order chi connectivity index (χ0) is 19.8. The van der Waals surface area contributed by atoms with Crippen LogP contribution in [-0.2, 0) is 4.74 Å². The molecule has 0 spiro atoms. The van der Waals surface area contributed by atoms with Gasteiger partial charge in [-0.2, -0.15) is 0 Å². The standard InChI is InChI=1S/C19H25N7O/c1-12(21)15(10-23-2)14-7-17-16(24-9-14)4-5-19(25-17)26-18(22)6-13(8-20)11-27-3/h4-10,20,24-25H,11,21H2,1-3H3,(H2,22,26). The third-order valence-electron chi connectivity index (χ3n) is 3.75. The van der Waals surface area contributed by atoms with E-state index in [0.717, 1.165) is 22.5 Å². The fourth-order valence-electron chi connectivity index (χ4n) is 2.52. The molecule has 2 rings (SSSR count). The van der Waals surface area contributed by atoms with E-state index in [-0.39, 0.29) is 12.4 Å². The summed E-state index contributed by atoms with van der Waals surface area (Å²) in [5, 5.41) is 24.8. The number of ether oxygens (including phenoxy) is 1. The minimum Gasteiger partial charge on any atom is -0.402 e. The average molecular weight is 367 g/mol. The first-order valence-electron chi connectivity index (χ1n) is 8.30. The molecule has 0 saturated heterocycles. The van der Waals surface area contributed by atoms with Crippen LogP contribution in [0.3, 0.4) is 0 Å². The van der Waals surface area contributed by atoms with Crippen LogP contribution >= 0.6 is 0 Å². The Balaban J connectivity index is 2.15. The molecule has 0 aromatic heterocycles. The van der Waals surface area contributed by atoms with Gasteiger partial charge in [-0.25, -0.2) is 0 Å². The molecule has 0 saturated carbocycles. The molecular weight excluding hydrogens is 342 g/mol. The number of amidine groups is 1. The summed E-state index contributed by atoms with van der Waals surface area (Å²) in [7, 11) is 3.25. The van der Waals surface area contributed by atoms with Crippen molar-refractivity contribution in [2.24, 2.45) is 10.7 Å². The van der Waals surface area contributed by atoms with Gasteiger partial charge < -0.3 is 31.8 Å². The van der Waals surface area contributed by atoms with Crippen LogP contribution in [0.4, 0.5) is 0 Å². The molecule has 0 amide bonds. The number of hydrogen-bond acceptors (Lipinski definition) is 7. The van der Waals surface area contributed by atoms with E-state index in [1.165, 1.54) is 6.21 Å². The molecule has 7 N–H and O–H groups in total. The summed E-state index contributed by atoms with van der Waals surface area (Å²) in [5.41, 5.74) is 10.7. The highest BCUT2D eigenvalue weighted by atomic mass is 16.5. The predicted octanol–water partition coefficient (Wildman–Crippen LogP) is 1.41. The van der Waals surface area contributed by atoms with Crippen LogP contribution in [0.1, 0.15) is 6.92 Å². The molecule has 8 nitrogen and oxygen atoms in total. The van der Waals surface area contributed by atoms with E-state index < -0.39 is 0 Å². The maximum atomic E-state index is 8.05. The number of allylic oxidation sites excluding steroid dienone is 6. The smallest absolute Gasteiger partial charge is 0.123 e. The lowest BCUT2D eigenvalue weighted by Crippen LogP contribution is -2.34. The number of fused-ring (bicyclic) bond motifs is 1. The molecule has 0 bridgehead atoms. The zero-order valence-corrected chi connectivity index (χ0v) is 15.7. The second-order valence-corrected chi connectivity index (χ2v) is 5.91. The topological polar surface area (TPSA) is 131 Å². The van der Waals surface area contributed by atoms with Crippen molar-refractivity contribution in [3.8, 4) is 0 Å². The van der Waals surface area contributed by atoms with Gasteiger partial charge in [-0.1, -0.05) is 0 Å². The fourth-order valence-corrected chi connectivity index (χ4v) is 2.52. The first kappa shape index (κ1) is 19.9. The van der Waals surface area contributed by atoms with Gasteiger partial charge in [0, 0.05) is 49.6 Å². The van der Waals surface area contributed by atoms with E-state index in [2.05, 4.69) is 20.9 Å². The Bertz CT molecular complexity index is 834. The van der Waals surface area contributed by atoms with E-state index in [1.807, 2.05) is 31.4 Å². The molecule has 27 heavy (non-hydrogen) atoms. The van der Waals surface area contributed by atoms with Crippen LogP contribution in [0.25, 0.3) is 0 Å². The van der Waals surface area contributed by atoms with Crippen molar-refractivity contribution in [2.45, 2.75) is 6.92 Å². The number of rotatable bonds is 7. The maximum Gasteiger partial charge on any atom is 0.123 e. The highest BCUT2D eigenvalue weighted by Crippen LogP contribution is 2.22. The third-order valence-corrected chi connectivity index (χ3v) is 3.75. The summed E-state index contributed by atoms with van der Waals surface area (Å²) in [4.78, 5) is 4.06. The van der Waals surface area contributed by atoms with E-state index in [1.54, 1.807) is 26.4 Å². The van der Waals surface area contributed by atoms with Gasteiger partial charge in [0.2, 0.25) is 0 Å². The first-order chi connectivity index (χ1) is 13.0. The minimum absolute atomic E-state index is 0.151. The van der Waals surface area contributed by atoms with Crippen LogP contribution < -0.4 is 21.7 Å². The zero-order valence-electron chi connectivity index (χ0n) is 15.7. The molecule has 0 aromatic carbocycles. The number of nitrogens with two attached hydrogens (primary N) is 1. The normalized spacial score (nSPS) is 17.4. The van der Waals surface area contributed by atoms with Crippen molar-refractivity contribution in [1.29, 1.82) is 10.8 Å². The molecule has 0 aliphatic carbocycles. The highest BCUT2D eigenvalue weighted by molar-refractivity contribution is 5.97. The summed E-state index contributed by atoms with van der Waals surface area (Å²) in [6.07, 6.45) is 12.0. The van der Waals surface area contributed by atoms with Gasteiger partial charge in [0.1, 0.15) is 11.7 Å². The number of hydrogen-bond donors (Lipinski definition) is 6. The van der Waals surface area contributed by atoms with Crippen molar-refractivity contribution in [2.75, 3.05) is 20.8 Å². The fraction of sp³-hybridized carbons (Fsp3) is 0.211. The van der Waals surface area contributed by atoms with Gasteiger partial charge in [0.25, 0.3) is 0 Å². The Kier molecular flexibility index (Phi) is 6.90. The van der Waals surface area contributed by atoms with Gasteiger partial charge in [-0.15, -0.1) is 0 Å². The molecule has 2 aliphatic heterocycles. The van der Waals surface area contributed by atoms with Gasteiger partial charge in [0.15, 0.2) is 0 Å². The summed E-state index contributed by atoms with van der Waals surface area (Å²) in [5.74, 6) is 0.799. The summed E-state index contributed by atoms with van der Waals surface area (Å²) < 4.78 is 5.00. The largest absolute Gasteiger partial charge is 0.402 e. The Labute approximate surface area is 159 Å². The molecule has 8 heteroatoms. The number of nitrogens with one attached hydrogen (secondary N) is 5. The molecule has 0 atom stereocenters. The van der Waals surface area contributed by atoms with E-state index >= 15 is 0 Å². The van der Waals surface area contributed by atoms with Crippen LogP contribution in [-0.4, -0.2) is 39.0 Å². The molecule has 2 aliphatic rings. The van der Waals surface area contributed by atoms with Crippen LogP contribution in [0, 0.1) is 10.8 Å². The Morgan fingerprint density at radius 1 is 1.37 bits per heavy atom. The first-order valence-corrected chi connectivity index (χ1v) is 8.30. The summed E-state index contributed by atoms with van der Waals surface area (Å²) >= 11 is 0. The molecule has 0 aromatic rings. The molecule has 0 radical (unpaired) electrons. The van der Waals surface area contributed by atoms with Crippen molar-refractivity contribution in [3.05, 3.63) is 70.1 Å². The number of aliphatic imine (C=N–C) groups is 1. The highest BCUT2D eigenvalue weighted by Gasteiger charge is 2.17. The van der Waals surface area contributed by atoms with Crippen LogP contribution in [0.5, 0.6) is 0 Å². The Morgan fingerprint density at radius 3 is 2.78 bits per heavy atom. The predicted molar refractivity (Wildman–Crippen MR) is 110 cm³/mol. The quantitative estimate of drug-likeness (QED) is 0.299. The van der Waals surface area contributed by atoms with Gasteiger partial charge in [-0.3, -0.25) is 10.4 Å². The lowest BCUT2D eigenvalue weighted by molar-refractivity contribution is 0.230. The maximum absolute atomic E-state index is 8.05. The van der Waals surface area contributed by atoms with E-state index in [9.17, 15) is 0 Å². The van der Waals surface area contributed by atoms with Gasteiger partial charge in [-0.05, 0) is 36.8 Å². The van der Waals surface area contributed by atoms with E-state index in [0.29, 0.717) is 17.1 Å². The van der Waals surface area contributed by atoms with Crippen LogP contribution in [0.2, 0.25) is 0 Å². The van der Waals surface area contributed by atoms with Crippen molar-refractivity contribution in [1.82, 2.24) is 16.0 Å². The third kappa shape index (κ3) is 5.29. The summed E-state index contributed by atoms with van der Waals surface area (Å²) in [6.45, 7) is 2.11. The Morgan fingerprint density at radius 2 is 2.15 bits per heavy atom. The number of methoxy groups -OCH3 is 1. The Hall–Kier alpha value is -3.39. The number of dihydropyridines is 2. The number of nitrogens with zero attached hydrogens (tertiary/aromatic N) is 1. The molecule has 0 unspecified atom stereocenters. The molecular formula is C19H25N7O. The SMILES string of the molecule is CN=CC(C1=CNC2=CC=C(NC(=N)C=C(C=N)COC)NC2=C1)=C(C)N. The molecule has 0 fully saturated rings. The second-order valence-electron chi connectivity index (χ2n) is 5.91. The van der Waals surface area contributed by atoms with Gasteiger partial charge >= 0.3 is 0 Å². The van der Waals surface area contributed by atoms with Crippen molar-refractivity contribution >= 4 is 18.3 Å². The summed E-state index contributed by atoms with van der Waals surface area (Å²) in [6, 6.07) is 0. The second kappa shape index (κ2) is 9.35. The van der Waals surface area contributed by atoms with Crippen molar-refractivity contribution in [3.63, 3.8) is 0 Å². The molecule has 2 heterocycles. The lowest BCUT2D eigenvalue weighted by Gasteiger charge is -2.25. The van der Waals surface area contributed by atoms with E-state index in [4.69, 9.17) is 21.3 Å².